The summed E-state index contributed by atoms with van der Waals surface area (Å²) in [6.07, 6.45) is 2.63. The molecule has 0 aromatic heterocycles. The van der Waals surface area contributed by atoms with Crippen molar-refractivity contribution in [2.24, 2.45) is 0 Å². The van der Waals surface area contributed by atoms with Gasteiger partial charge in [0, 0.05) is 16.2 Å². The molecule has 25 heavy (non-hydrogen) atoms. The molecule has 4 rings (SSSR count). The van der Waals surface area contributed by atoms with E-state index < -0.39 is 21.5 Å². The summed E-state index contributed by atoms with van der Waals surface area (Å²) in [5.74, 6) is -0.316. The summed E-state index contributed by atoms with van der Waals surface area (Å²) in [5.41, 5.74) is 2.73. The Bertz CT molecular complexity index is 934. The first kappa shape index (κ1) is 16.3. The second-order valence-corrected chi connectivity index (χ2v) is 7.82. The van der Waals surface area contributed by atoms with Gasteiger partial charge in [-0.2, -0.15) is 0 Å². The molecule has 128 valence electrons. The van der Waals surface area contributed by atoms with Crippen molar-refractivity contribution in [3.63, 3.8) is 0 Å². The molecule has 6 nitrogen and oxygen atoms in total. The third-order valence-corrected chi connectivity index (χ3v) is 5.90. The maximum Gasteiger partial charge on any atom is 0.314 e. The van der Waals surface area contributed by atoms with Gasteiger partial charge in [-0.25, -0.2) is 4.21 Å². The highest BCUT2D eigenvalue weighted by molar-refractivity contribution is 8.07. The largest absolute Gasteiger partial charge is 0.382 e. The van der Waals surface area contributed by atoms with Crippen LogP contribution in [0.5, 0.6) is 0 Å². The highest BCUT2D eigenvalue weighted by Crippen LogP contribution is 2.42. The number of para-hydroxylation sites is 1. The molecule has 2 aliphatic heterocycles. The average Bonchev–Trinajstić information content (AvgIpc) is 3.10. The molecule has 0 saturated carbocycles. The van der Waals surface area contributed by atoms with Crippen LogP contribution in [0.1, 0.15) is 18.1 Å². The molecule has 3 aliphatic rings. The number of allylic oxidation sites excluding steroid dienone is 1. The van der Waals surface area contributed by atoms with Crippen LogP contribution < -0.4 is 10.6 Å². The molecule has 1 amide bonds. The molecule has 3 N–H and O–H groups in total. The second-order valence-electron chi connectivity index (χ2n) is 5.88. The number of halogens is 1. The molecule has 1 aliphatic carbocycles. The van der Waals surface area contributed by atoms with Crippen LogP contribution in [0.25, 0.3) is 0 Å². The Labute approximate surface area is 150 Å². The smallest absolute Gasteiger partial charge is 0.314 e. The monoisotopic (exact) mass is 376 g/mol. The number of aliphatic hydroxyl groups excluding tert-OH is 1. The van der Waals surface area contributed by atoms with E-state index in [-0.39, 0.29) is 16.9 Å². The summed E-state index contributed by atoms with van der Waals surface area (Å²) in [4.78, 5) is 23.9. The minimum atomic E-state index is -1.98. The van der Waals surface area contributed by atoms with Crippen molar-refractivity contribution in [3.8, 4) is 0 Å². The third-order valence-electron chi connectivity index (χ3n) is 4.48. The van der Waals surface area contributed by atoms with Gasteiger partial charge in [0.2, 0.25) is 0 Å². The van der Waals surface area contributed by atoms with Gasteiger partial charge in [-0.15, -0.1) is 0 Å². The number of hydrogen-bond acceptors (Lipinski definition) is 5. The molecule has 1 aromatic carbocycles. The Kier molecular flexibility index (Phi) is 3.87. The average molecular weight is 377 g/mol. The van der Waals surface area contributed by atoms with Crippen LogP contribution in [0.2, 0.25) is 0 Å². The van der Waals surface area contributed by atoms with E-state index in [1.54, 1.807) is 18.2 Å². The molecule has 0 bridgehead atoms. The predicted molar refractivity (Wildman–Crippen MR) is 94.2 cm³/mol. The maximum atomic E-state index is 12.5. The van der Waals surface area contributed by atoms with E-state index in [1.165, 1.54) is 0 Å². The highest BCUT2D eigenvalue weighted by Gasteiger charge is 2.40. The number of benzene rings is 1. The van der Waals surface area contributed by atoms with Gasteiger partial charge in [-0.1, -0.05) is 24.3 Å². The zero-order chi connectivity index (χ0) is 17.7. The van der Waals surface area contributed by atoms with Gasteiger partial charge in [-0.05, 0) is 35.7 Å². The van der Waals surface area contributed by atoms with Crippen LogP contribution in [-0.4, -0.2) is 25.8 Å². The first-order chi connectivity index (χ1) is 12.0. The van der Waals surface area contributed by atoms with E-state index >= 15 is 0 Å². The summed E-state index contributed by atoms with van der Waals surface area (Å²) in [5, 5.41) is 16.5. The normalized spacial score (nSPS) is 28.3. The van der Waals surface area contributed by atoms with E-state index in [9.17, 15) is 18.9 Å². The van der Waals surface area contributed by atoms with Gasteiger partial charge in [0.05, 0.1) is 17.3 Å². The molecule has 2 heterocycles. The van der Waals surface area contributed by atoms with Crippen molar-refractivity contribution in [1.82, 2.24) is 5.32 Å². The van der Waals surface area contributed by atoms with Crippen LogP contribution in [0.3, 0.4) is 0 Å². The lowest BCUT2D eigenvalue weighted by molar-refractivity contribution is -0.116. The first-order valence-electron chi connectivity index (χ1n) is 7.59. The van der Waals surface area contributed by atoms with Crippen molar-refractivity contribution in [2.45, 2.75) is 18.6 Å². The summed E-state index contributed by atoms with van der Waals surface area (Å²) < 4.78 is 11.0. The standard InChI is InChI=1S/C17H13ClN2O4S/c18-17(23)25(24)8-5-6-12-10(7-8)13(16(22)20-12)14-15(21)9-3-1-2-4-11(9)19-14/h1-5,7,12,15,19,21H,6H2,(H,20,22)/b14-13-. The number of carbonyl (C=O) groups excluding carboxylic acids is 2. The lowest BCUT2D eigenvalue weighted by Crippen LogP contribution is -2.27. The quantitative estimate of drug-likeness (QED) is 0.516. The maximum absolute atomic E-state index is 12.5. The van der Waals surface area contributed by atoms with Crippen molar-refractivity contribution in [3.05, 3.63) is 63.7 Å². The fraction of sp³-hybridized carbons (Fsp3) is 0.176. The van der Waals surface area contributed by atoms with E-state index in [0.29, 0.717) is 28.8 Å². The first-order valence-corrected chi connectivity index (χ1v) is 9.12. The van der Waals surface area contributed by atoms with Crippen LogP contribution in [0.15, 0.2) is 58.2 Å². The SMILES string of the molecule is O=C1NC2CC=C(S(=O)C(=O)Cl)C=C2/C1=C1/Nc2ccccc2C1O. The van der Waals surface area contributed by atoms with Crippen LogP contribution >= 0.6 is 11.6 Å². The highest BCUT2D eigenvalue weighted by atomic mass is 35.5. The molecule has 8 heteroatoms. The Morgan fingerprint density at radius 2 is 2.08 bits per heavy atom. The van der Waals surface area contributed by atoms with Gasteiger partial charge in [-0.3, -0.25) is 9.59 Å². The third kappa shape index (κ3) is 2.55. The number of rotatable bonds is 1. The summed E-state index contributed by atoms with van der Waals surface area (Å²) in [7, 11) is -1.98. The number of carbonyl (C=O) groups is 2. The number of nitrogens with one attached hydrogen (secondary N) is 2. The Balaban J connectivity index is 1.80. The summed E-state index contributed by atoms with van der Waals surface area (Å²) in [6.45, 7) is 0. The van der Waals surface area contributed by atoms with Crippen LogP contribution in [0, 0.1) is 0 Å². The molecular weight excluding hydrogens is 364 g/mol. The van der Waals surface area contributed by atoms with Crippen molar-refractivity contribution in [2.75, 3.05) is 5.32 Å². The molecule has 0 spiro atoms. The molecule has 3 atom stereocenters. The number of amides is 1. The van der Waals surface area contributed by atoms with Gasteiger partial charge in [0.15, 0.2) is 0 Å². The molecule has 0 radical (unpaired) electrons. The molecular formula is C17H13ClN2O4S. The minimum absolute atomic E-state index is 0.269. The Hall–Kier alpha value is -2.22. The number of fused-ring (bicyclic) bond motifs is 2. The lowest BCUT2D eigenvalue weighted by atomic mass is 9.94. The number of hydrogen-bond donors (Lipinski definition) is 3. The fourth-order valence-electron chi connectivity index (χ4n) is 3.34. The molecule has 1 aromatic rings. The zero-order valence-electron chi connectivity index (χ0n) is 12.8. The van der Waals surface area contributed by atoms with E-state index in [0.717, 1.165) is 5.69 Å². The molecule has 3 unspecified atom stereocenters. The zero-order valence-corrected chi connectivity index (χ0v) is 14.4. The van der Waals surface area contributed by atoms with Crippen molar-refractivity contribution in [1.29, 1.82) is 0 Å². The second kappa shape index (κ2) is 5.94. The Morgan fingerprint density at radius 1 is 1.32 bits per heavy atom. The van der Waals surface area contributed by atoms with Crippen molar-refractivity contribution >= 4 is 38.6 Å². The van der Waals surface area contributed by atoms with E-state index in [4.69, 9.17) is 11.6 Å². The predicted octanol–water partition coefficient (Wildman–Crippen LogP) is 2.22. The number of anilines is 1. The van der Waals surface area contributed by atoms with Gasteiger partial charge in [0.1, 0.15) is 16.9 Å². The summed E-state index contributed by atoms with van der Waals surface area (Å²) >= 11 is 5.32. The number of aliphatic hydroxyl groups is 1. The van der Waals surface area contributed by atoms with E-state index in [2.05, 4.69) is 10.6 Å². The topological polar surface area (TPSA) is 95.5 Å². The van der Waals surface area contributed by atoms with Crippen LogP contribution in [-0.2, 0) is 15.6 Å². The Morgan fingerprint density at radius 3 is 2.80 bits per heavy atom. The fourth-order valence-corrected chi connectivity index (χ4v) is 4.27. The molecule has 1 saturated heterocycles. The van der Waals surface area contributed by atoms with E-state index in [1.807, 2.05) is 18.2 Å². The van der Waals surface area contributed by atoms with Gasteiger partial charge < -0.3 is 15.7 Å². The molecule has 1 fully saturated rings. The van der Waals surface area contributed by atoms with Gasteiger partial charge in [0.25, 0.3) is 5.91 Å². The van der Waals surface area contributed by atoms with Crippen LogP contribution in [0.4, 0.5) is 10.5 Å². The summed E-state index contributed by atoms with van der Waals surface area (Å²) in [6, 6.07) is 6.97. The van der Waals surface area contributed by atoms with Gasteiger partial charge >= 0.3 is 4.57 Å². The van der Waals surface area contributed by atoms with Crippen molar-refractivity contribution < 1.29 is 18.9 Å². The lowest BCUT2D eigenvalue weighted by Gasteiger charge is -2.17. The minimum Gasteiger partial charge on any atom is -0.382 e.